The van der Waals surface area contributed by atoms with Crippen LogP contribution in [0, 0.1) is 0 Å². The minimum absolute atomic E-state index is 0.678. The van der Waals surface area contributed by atoms with E-state index in [0.717, 1.165) is 19.5 Å². The Labute approximate surface area is 70.5 Å². The van der Waals surface area contributed by atoms with Gasteiger partial charge in [0.05, 0.1) is 0 Å². The normalized spacial score (nSPS) is 13.4. The molecule has 0 saturated heterocycles. The molecule has 0 spiro atoms. The molecule has 0 aliphatic rings. The Bertz CT molecular complexity index is 74.0. The zero-order valence-corrected chi connectivity index (χ0v) is 7.90. The molecule has 2 heteroatoms. The summed E-state index contributed by atoms with van der Waals surface area (Å²) in [4.78, 5) is 0. The van der Waals surface area contributed by atoms with Crippen molar-refractivity contribution in [1.82, 2.24) is 5.32 Å². The van der Waals surface area contributed by atoms with Gasteiger partial charge in [0, 0.05) is 6.04 Å². The third-order valence-electron chi connectivity index (χ3n) is 1.85. The highest BCUT2D eigenvalue weighted by atomic mass is 14.9. The topological polar surface area (TPSA) is 38.0 Å². The van der Waals surface area contributed by atoms with Crippen LogP contribution in [0.4, 0.5) is 0 Å². The number of rotatable bonds is 7. The Morgan fingerprint density at radius 1 is 1.36 bits per heavy atom. The van der Waals surface area contributed by atoms with Gasteiger partial charge in [-0.1, -0.05) is 13.3 Å². The van der Waals surface area contributed by atoms with Crippen LogP contribution in [0.1, 0.15) is 39.5 Å². The van der Waals surface area contributed by atoms with Crippen molar-refractivity contribution in [2.45, 2.75) is 45.6 Å². The summed E-state index contributed by atoms with van der Waals surface area (Å²) in [6.07, 6.45) is 4.91. The van der Waals surface area contributed by atoms with Crippen LogP contribution in [-0.2, 0) is 0 Å². The fourth-order valence-corrected chi connectivity index (χ4v) is 1.15. The molecule has 0 aromatic carbocycles. The molecule has 0 amide bonds. The monoisotopic (exact) mass is 158 g/mol. The Kier molecular flexibility index (Phi) is 7.96. The molecule has 68 valence electrons. The molecule has 3 N–H and O–H groups in total. The maximum Gasteiger partial charge on any atom is 0.00386 e. The Balaban J connectivity index is 2.97. The predicted molar refractivity (Wildman–Crippen MR) is 50.7 cm³/mol. The average molecular weight is 158 g/mol. The molecule has 1 atom stereocenters. The van der Waals surface area contributed by atoms with Crippen LogP contribution in [-0.4, -0.2) is 19.1 Å². The Morgan fingerprint density at radius 2 is 2.09 bits per heavy atom. The zero-order chi connectivity index (χ0) is 8.53. The number of hydrogen-bond donors (Lipinski definition) is 2. The number of nitrogens with one attached hydrogen (secondary N) is 1. The molecule has 1 unspecified atom stereocenters. The lowest BCUT2D eigenvalue weighted by atomic mass is 10.2. The quantitative estimate of drug-likeness (QED) is 0.551. The minimum Gasteiger partial charge on any atom is -0.330 e. The van der Waals surface area contributed by atoms with E-state index in [2.05, 4.69) is 19.2 Å². The standard InChI is InChI=1S/C9H22N2/c1-3-6-9(2)11-8-5-4-7-10/h9,11H,3-8,10H2,1-2H3. The smallest absolute Gasteiger partial charge is 0.00386 e. The number of nitrogens with two attached hydrogens (primary N) is 1. The van der Waals surface area contributed by atoms with Gasteiger partial charge in [0.25, 0.3) is 0 Å². The minimum atomic E-state index is 0.678. The number of unbranched alkanes of at least 4 members (excludes halogenated alkanes) is 1. The predicted octanol–water partition coefficient (Wildman–Crippen LogP) is 1.50. The highest BCUT2D eigenvalue weighted by Gasteiger charge is 1.96. The molecule has 0 aliphatic carbocycles. The van der Waals surface area contributed by atoms with Crippen molar-refractivity contribution in [1.29, 1.82) is 0 Å². The van der Waals surface area contributed by atoms with Crippen LogP contribution in [0.15, 0.2) is 0 Å². The molecule has 0 bridgehead atoms. The molecular formula is C9H22N2. The Morgan fingerprint density at radius 3 is 2.64 bits per heavy atom. The second kappa shape index (κ2) is 8.02. The van der Waals surface area contributed by atoms with Gasteiger partial charge in [0.2, 0.25) is 0 Å². The lowest BCUT2D eigenvalue weighted by Crippen LogP contribution is -2.26. The molecule has 0 aromatic rings. The van der Waals surface area contributed by atoms with Crippen molar-refractivity contribution in [3.63, 3.8) is 0 Å². The van der Waals surface area contributed by atoms with E-state index < -0.39 is 0 Å². The van der Waals surface area contributed by atoms with E-state index in [-0.39, 0.29) is 0 Å². The first-order valence-corrected chi connectivity index (χ1v) is 4.74. The first-order valence-electron chi connectivity index (χ1n) is 4.74. The van der Waals surface area contributed by atoms with Crippen molar-refractivity contribution in [2.75, 3.05) is 13.1 Å². The molecule has 0 fully saturated rings. The maximum atomic E-state index is 5.38. The van der Waals surface area contributed by atoms with E-state index >= 15 is 0 Å². The van der Waals surface area contributed by atoms with Crippen LogP contribution < -0.4 is 11.1 Å². The summed E-state index contributed by atoms with van der Waals surface area (Å²) < 4.78 is 0. The summed E-state index contributed by atoms with van der Waals surface area (Å²) in [7, 11) is 0. The largest absolute Gasteiger partial charge is 0.330 e. The third kappa shape index (κ3) is 7.82. The van der Waals surface area contributed by atoms with E-state index in [1.165, 1.54) is 19.3 Å². The SMILES string of the molecule is CCCC(C)NCCCCN. The van der Waals surface area contributed by atoms with E-state index in [9.17, 15) is 0 Å². The molecule has 0 aromatic heterocycles. The van der Waals surface area contributed by atoms with Gasteiger partial charge in [0.1, 0.15) is 0 Å². The van der Waals surface area contributed by atoms with Gasteiger partial charge in [0.15, 0.2) is 0 Å². The molecule has 0 aliphatic heterocycles. The Hall–Kier alpha value is -0.0800. The fraction of sp³-hybridized carbons (Fsp3) is 1.00. The van der Waals surface area contributed by atoms with Gasteiger partial charge in [-0.3, -0.25) is 0 Å². The second-order valence-corrected chi connectivity index (χ2v) is 3.14. The molecule has 0 radical (unpaired) electrons. The van der Waals surface area contributed by atoms with Crippen LogP contribution in [0.2, 0.25) is 0 Å². The van der Waals surface area contributed by atoms with Gasteiger partial charge in [-0.2, -0.15) is 0 Å². The summed E-state index contributed by atoms with van der Waals surface area (Å²) in [6.45, 7) is 6.41. The average Bonchev–Trinajstić information content (AvgIpc) is 1.99. The van der Waals surface area contributed by atoms with Gasteiger partial charge < -0.3 is 11.1 Å². The van der Waals surface area contributed by atoms with Crippen molar-refractivity contribution in [3.8, 4) is 0 Å². The zero-order valence-electron chi connectivity index (χ0n) is 7.90. The van der Waals surface area contributed by atoms with Crippen molar-refractivity contribution in [3.05, 3.63) is 0 Å². The van der Waals surface area contributed by atoms with Crippen LogP contribution in [0.3, 0.4) is 0 Å². The highest BCUT2D eigenvalue weighted by molar-refractivity contribution is 4.58. The van der Waals surface area contributed by atoms with Crippen molar-refractivity contribution >= 4 is 0 Å². The number of hydrogen-bond acceptors (Lipinski definition) is 2. The van der Waals surface area contributed by atoms with Gasteiger partial charge in [-0.25, -0.2) is 0 Å². The lowest BCUT2D eigenvalue weighted by molar-refractivity contribution is 0.497. The molecule has 11 heavy (non-hydrogen) atoms. The summed E-state index contributed by atoms with van der Waals surface area (Å²) in [5.41, 5.74) is 5.38. The van der Waals surface area contributed by atoms with Crippen LogP contribution in [0.25, 0.3) is 0 Å². The van der Waals surface area contributed by atoms with Crippen molar-refractivity contribution in [2.24, 2.45) is 5.73 Å². The van der Waals surface area contributed by atoms with Crippen LogP contribution in [0.5, 0.6) is 0 Å². The van der Waals surface area contributed by atoms with Gasteiger partial charge in [-0.15, -0.1) is 0 Å². The molecule has 0 saturated carbocycles. The fourth-order valence-electron chi connectivity index (χ4n) is 1.15. The maximum absolute atomic E-state index is 5.38. The van der Waals surface area contributed by atoms with E-state index in [0.29, 0.717) is 6.04 Å². The van der Waals surface area contributed by atoms with Crippen LogP contribution >= 0.6 is 0 Å². The first kappa shape index (κ1) is 10.9. The molecule has 0 rings (SSSR count). The summed E-state index contributed by atoms with van der Waals surface area (Å²) in [6, 6.07) is 0.678. The summed E-state index contributed by atoms with van der Waals surface area (Å²) >= 11 is 0. The first-order chi connectivity index (χ1) is 5.31. The third-order valence-corrected chi connectivity index (χ3v) is 1.85. The summed E-state index contributed by atoms with van der Waals surface area (Å²) in [5, 5.41) is 3.46. The van der Waals surface area contributed by atoms with E-state index in [4.69, 9.17) is 5.73 Å². The molecular weight excluding hydrogens is 136 g/mol. The van der Waals surface area contributed by atoms with Crippen molar-refractivity contribution < 1.29 is 0 Å². The highest BCUT2D eigenvalue weighted by Crippen LogP contribution is 1.94. The second-order valence-electron chi connectivity index (χ2n) is 3.14. The van der Waals surface area contributed by atoms with E-state index in [1.54, 1.807) is 0 Å². The lowest BCUT2D eigenvalue weighted by Gasteiger charge is -2.11. The van der Waals surface area contributed by atoms with Gasteiger partial charge >= 0.3 is 0 Å². The summed E-state index contributed by atoms with van der Waals surface area (Å²) in [5.74, 6) is 0. The van der Waals surface area contributed by atoms with Gasteiger partial charge in [-0.05, 0) is 39.3 Å². The molecule has 2 nitrogen and oxygen atoms in total. The van der Waals surface area contributed by atoms with E-state index in [1.807, 2.05) is 0 Å². The molecule has 0 heterocycles.